The predicted molar refractivity (Wildman–Crippen MR) is 64.4 cm³/mol. The molecule has 1 saturated heterocycles. The van der Waals surface area contributed by atoms with Crippen LogP contribution in [0.5, 0.6) is 0 Å². The largest absolute Gasteiger partial charge is 0.370 e. The summed E-state index contributed by atoms with van der Waals surface area (Å²) < 4.78 is 5.44. The number of hydrogen-bond acceptors (Lipinski definition) is 2. The van der Waals surface area contributed by atoms with Crippen LogP contribution in [0.4, 0.5) is 0 Å². The Bertz CT molecular complexity index is 398. The van der Waals surface area contributed by atoms with Crippen LogP contribution in [0, 0.1) is 0 Å². The molecule has 0 radical (unpaired) electrons. The van der Waals surface area contributed by atoms with Gasteiger partial charge in [-0.3, -0.25) is 4.79 Å². The Kier molecular flexibility index (Phi) is 3.85. The molecule has 0 aliphatic carbocycles. The van der Waals surface area contributed by atoms with Gasteiger partial charge in [0.25, 0.3) is 0 Å². The number of Topliss-reactive ketones (excluding diaryl/α,β-unsaturated/α-hetero) is 1. The fourth-order valence-electron chi connectivity index (χ4n) is 1.82. The van der Waals surface area contributed by atoms with Crippen molar-refractivity contribution in [1.29, 1.82) is 0 Å². The number of carbonyl (C=O) groups is 1. The summed E-state index contributed by atoms with van der Waals surface area (Å²) in [6.07, 6.45) is 2.45. The van der Waals surface area contributed by atoms with Crippen molar-refractivity contribution >= 4 is 29.0 Å². The Balaban J connectivity index is 2.22. The van der Waals surface area contributed by atoms with Gasteiger partial charge in [0.2, 0.25) is 0 Å². The maximum atomic E-state index is 12.1. The van der Waals surface area contributed by atoms with Crippen LogP contribution in [-0.4, -0.2) is 18.5 Å². The van der Waals surface area contributed by atoms with Crippen molar-refractivity contribution in [1.82, 2.24) is 0 Å². The molecule has 1 aliphatic heterocycles. The first-order chi connectivity index (χ1) is 7.70. The molecule has 0 spiro atoms. The van der Waals surface area contributed by atoms with Gasteiger partial charge < -0.3 is 4.74 Å². The first-order valence-corrected chi connectivity index (χ1v) is 6.05. The summed E-state index contributed by atoms with van der Waals surface area (Å²) in [4.78, 5) is 12.1. The zero-order valence-corrected chi connectivity index (χ0v) is 10.2. The third kappa shape index (κ3) is 2.40. The van der Waals surface area contributed by atoms with Gasteiger partial charge in [-0.25, -0.2) is 0 Å². The summed E-state index contributed by atoms with van der Waals surface area (Å²) in [5.41, 5.74) is 0.459. The molecular weight excluding hydrogens is 247 g/mol. The first kappa shape index (κ1) is 11.9. The number of ether oxygens (including phenoxy) is 1. The van der Waals surface area contributed by atoms with E-state index in [0.717, 1.165) is 19.3 Å². The van der Waals surface area contributed by atoms with E-state index in [1.165, 1.54) is 0 Å². The standard InChI is InChI=1S/C12H12Cl2O2/c13-9-5-3-4-8(11(9)14)12(15)10-6-1-2-7-16-10/h3-5,10H,1-2,6-7H2. The minimum atomic E-state index is -0.357. The van der Waals surface area contributed by atoms with Crippen LogP contribution in [-0.2, 0) is 4.74 Å². The van der Waals surface area contributed by atoms with Gasteiger partial charge in [-0.1, -0.05) is 29.3 Å². The van der Waals surface area contributed by atoms with Crippen molar-refractivity contribution in [3.05, 3.63) is 33.8 Å². The van der Waals surface area contributed by atoms with E-state index in [0.29, 0.717) is 22.2 Å². The molecular formula is C12H12Cl2O2. The average Bonchev–Trinajstić information content (AvgIpc) is 2.33. The number of hydrogen-bond donors (Lipinski definition) is 0. The summed E-state index contributed by atoms with van der Waals surface area (Å²) in [6.45, 7) is 0.647. The van der Waals surface area contributed by atoms with Gasteiger partial charge in [-0.05, 0) is 31.4 Å². The van der Waals surface area contributed by atoms with E-state index < -0.39 is 0 Å². The maximum Gasteiger partial charge on any atom is 0.193 e. The monoisotopic (exact) mass is 258 g/mol. The highest BCUT2D eigenvalue weighted by molar-refractivity contribution is 6.44. The SMILES string of the molecule is O=C(c1cccc(Cl)c1Cl)C1CCCCO1. The first-order valence-electron chi connectivity index (χ1n) is 5.30. The van der Waals surface area contributed by atoms with Crippen LogP contribution >= 0.6 is 23.2 Å². The van der Waals surface area contributed by atoms with E-state index in [2.05, 4.69) is 0 Å². The topological polar surface area (TPSA) is 26.3 Å². The molecule has 16 heavy (non-hydrogen) atoms. The summed E-state index contributed by atoms with van der Waals surface area (Å²) in [7, 11) is 0. The van der Waals surface area contributed by atoms with Gasteiger partial charge in [0.15, 0.2) is 5.78 Å². The fourth-order valence-corrected chi connectivity index (χ4v) is 2.21. The highest BCUT2D eigenvalue weighted by Gasteiger charge is 2.25. The number of halogens is 2. The Morgan fingerprint density at radius 1 is 1.31 bits per heavy atom. The lowest BCUT2D eigenvalue weighted by Crippen LogP contribution is -2.28. The van der Waals surface area contributed by atoms with Crippen molar-refractivity contribution in [3.8, 4) is 0 Å². The molecule has 1 fully saturated rings. The van der Waals surface area contributed by atoms with Gasteiger partial charge in [0.05, 0.1) is 10.0 Å². The van der Waals surface area contributed by atoms with E-state index >= 15 is 0 Å². The van der Waals surface area contributed by atoms with E-state index in [-0.39, 0.29) is 11.9 Å². The highest BCUT2D eigenvalue weighted by atomic mass is 35.5. The molecule has 1 aromatic rings. The van der Waals surface area contributed by atoms with Crippen LogP contribution in [0.15, 0.2) is 18.2 Å². The second-order valence-electron chi connectivity index (χ2n) is 3.82. The van der Waals surface area contributed by atoms with Crippen LogP contribution in [0.2, 0.25) is 10.0 Å². The number of benzene rings is 1. The maximum absolute atomic E-state index is 12.1. The molecule has 0 saturated carbocycles. The normalized spacial score (nSPS) is 20.8. The van der Waals surface area contributed by atoms with Gasteiger partial charge in [-0.2, -0.15) is 0 Å². The predicted octanol–water partition coefficient (Wildman–Crippen LogP) is 3.75. The van der Waals surface area contributed by atoms with Gasteiger partial charge in [0.1, 0.15) is 6.10 Å². The number of carbonyl (C=O) groups excluding carboxylic acids is 1. The molecule has 86 valence electrons. The van der Waals surface area contributed by atoms with Gasteiger partial charge in [-0.15, -0.1) is 0 Å². The molecule has 0 bridgehead atoms. The summed E-state index contributed by atoms with van der Waals surface area (Å²) in [5, 5.41) is 0.728. The Hall–Kier alpha value is -0.570. The average molecular weight is 259 g/mol. The smallest absolute Gasteiger partial charge is 0.193 e. The van der Waals surface area contributed by atoms with Crippen LogP contribution < -0.4 is 0 Å². The molecule has 1 unspecified atom stereocenters. The molecule has 0 aromatic heterocycles. The third-order valence-corrected chi connectivity index (χ3v) is 3.51. The second-order valence-corrected chi connectivity index (χ2v) is 4.61. The third-order valence-electron chi connectivity index (χ3n) is 2.69. The summed E-state index contributed by atoms with van der Waals surface area (Å²) >= 11 is 11.9. The molecule has 1 aliphatic rings. The molecule has 0 N–H and O–H groups in total. The number of ketones is 1. The summed E-state index contributed by atoms with van der Waals surface area (Å²) in [6, 6.07) is 5.08. The minimum absolute atomic E-state index is 0.0628. The van der Waals surface area contributed by atoms with Crippen molar-refractivity contribution in [2.45, 2.75) is 25.4 Å². The van der Waals surface area contributed by atoms with E-state index in [9.17, 15) is 4.79 Å². The van der Waals surface area contributed by atoms with E-state index in [1.807, 2.05) is 0 Å². The minimum Gasteiger partial charge on any atom is -0.370 e. The molecule has 2 rings (SSSR count). The molecule has 0 amide bonds. The van der Waals surface area contributed by atoms with Crippen LogP contribution in [0.3, 0.4) is 0 Å². The van der Waals surface area contributed by atoms with Crippen LogP contribution in [0.1, 0.15) is 29.6 Å². The second kappa shape index (κ2) is 5.17. The van der Waals surface area contributed by atoms with E-state index in [4.69, 9.17) is 27.9 Å². The Labute approximate surface area is 104 Å². The van der Waals surface area contributed by atoms with Gasteiger partial charge >= 0.3 is 0 Å². The van der Waals surface area contributed by atoms with Crippen molar-refractivity contribution in [3.63, 3.8) is 0 Å². The Morgan fingerprint density at radius 3 is 2.81 bits per heavy atom. The summed E-state index contributed by atoms with van der Waals surface area (Å²) in [5.74, 6) is -0.0628. The van der Waals surface area contributed by atoms with Crippen LogP contribution in [0.25, 0.3) is 0 Å². The lowest BCUT2D eigenvalue weighted by atomic mass is 10.00. The molecule has 1 aromatic carbocycles. The lowest BCUT2D eigenvalue weighted by Gasteiger charge is -2.21. The Morgan fingerprint density at radius 2 is 2.12 bits per heavy atom. The quantitative estimate of drug-likeness (QED) is 0.756. The van der Waals surface area contributed by atoms with Gasteiger partial charge in [0, 0.05) is 12.2 Å². The molecule has 4 heteroatoms. The van der Waals surface area contributed by atoms with Crippen molar-refractivity contribution in [2.75, 3.05) is 6.61 Å². The zero-order valence-electron chi connectivity index (χ0n) is 8.71. The molecule has 2 nitrogen and oxygen atoms in total. The lowest BCUT2D eigenvalue weighted by molar-refractivity contribution is 0.0186. The molecule has 1 heterocycles. The fraction of sp³-hybridized carbons (Fsp3) is 0.417. The molecule has 1 atom stereocenters. The highest BCUT2D eigenvalue weighted by Crippen LogP contribution is 2.28. The number of rotatable bonds is 2. The van der Waals surface area contributed by atoms with Crippen molar-refractivity contribution < 1.29 is 9.53 Å². The zero-order chi connectivity index (χ0) is 11.5. The van der Waals surface area contributed by atoms with Crippen molar-refractivity contribution in [2.24, 2.45) is 0 Å². The van der Waals surface area contributed by atoms with E-state index in [1.54, 1.807) is 18.2 Å².